The number of hydrogen-bond donors (Lipinski definition) is 2. The molecule has 8 heteroatoms. The van der Waals surface area contributed by atoms with E-state index >= 15 is 0 Å². The summed E-state index contributed by atoms with van der Waals surface area (Å²) in [6.07, 6.45) is 1.08. The van der Waals surface area contributed by atoms with Crippen molar-refractivity contribution in [3.63, 3.8) is 0 Å². The van der Waals surface area contributed by atoms with Gasteiger partial charge in [0.2, 0.25) is 11.8 Å². The van der Waals surface area contributed by atoms with Crippen molar-refractivity contribution in [2.45, 2.75) is 37.0 Å². The highest BCUT2D eigenvalue weighted by molar-refractivity contribution is 6.00. The van der Waals surface area contributed by atoms with Crippen LogP contribution >= 0.6 is 0 Å². The van der Waals surface area contributed by atoms with E-state index < -0.39 is 12.1 Å². The molecule has 8 nitrogen and oxygen atoms in total. The highest BCUT2D eigenvalue weighted by Gasteiger charge is 2.54. The van der Waals surface area contributed by atoms with Crippen molar-refractivity contribution in [1.29, 1.82) is 0 Å². The van der Waals surface area contributed by atoms with Gasteiger partial charge in [-0.1, -0.05) is 0 Å². The Balaban J connectivity index is 1.50. The van der Waals surface area contributed by atoms with Crippen LogP contribution in [-0.4, -0.2) is 71.9 Å². The maximum absolute atomic E-state index is 12.9. The lowest BCUT2D eigenvalue weighted by atomic mass is 10.0. The van der Waals surface area contributed by atoms with Gasteiger partial charge in [0.05, 0.1) is 13.2 Å². The minimum absolute atomic E-state index is 0.0521. The van der Waals surface area contributed by atoms with Crippen LogP contribution in [0.25, 0.3) is 0 Å². The molecule has 3 N–H and O–H groups in total. The maximum Gasteiger partial charge on any atom is 0.251 e. The number of ether oxygens (including phenoxy) is 1. The number of nitrogens with one attached hydrogen (secondary N) is 1. The van der Waals surface area contributed by atoms with Gasteiger partial charge in [0, 0.05) is 24.7 Å². The van der Waals surface area contributed by atoms with E-state index in [-0.39, 0.29) is 29.8 Å². The number of nitrogens with zero attached hydrogens (tertiary/aromatic N) is 2. The second kappa shape index (κ2) is 6.28. The zero-order valence-electron chi connectivity index (χ0n) is 14.6. The lowest BCUT2D eigenvalue weighted by molar-refractivity contribution is -0.157. The average molecular weight is 358 g/mol. The predicted molar refractivity (Wildman–Crippen MR) is 92.5 cm³/mol. The van der Waals surface area contributed by atoms with E-state index in [1.807, 2.05) is 0 Å². The molecule has 4 rings (SSSR count). The summed E-state index contributed by atoms with van der Waals surface area (Å²) >= 11 is 0. The van der Waals surface area contributed by atoms with Crippen molar-refractivity contribution < 1.29 is 19.1 Å². The Hall–Kier alpha value is -2.61. The first-order valence-electron chi connectivity index (χ1n) is 8.81. The number of piperazine rings is 1. The fourth-order valence-electron chi connectivity index (χ4n) is 4.20. The predicted octanol–water partition coefficient (Wildman–Crippen LogP) is -0.664. The normalized spacial score (nSPS) is 30.2. The average Bonchev–Trinajstić information content (AvgIpc) is 3.24. The zero-order valence-corrected chi connectivity index (χ0v) is 14.6. The van der Waals surface area contributed by atoms with Crippen LogP contribution in [0.3, 0.4) is 0 Å². The van der Waals surface area contributed by atoms with E-state index in [4.69, 9.17) is 10.5 Å². The summed E-state index contributed by atoms with van der Waals surface area (Å²) < 4.78 is 5.09. The Labute approximate surface area is 151 Å². The SMILES string of the molecule is COc1ccc(C(=O)NC2CCN3C(=O)C4CC(N)CN4C(=O)C23)cc1. The second-order valence-corrected chi connectivity index (χ2v) is 7.08. The summed E-state index contributed by atoms with van der Waals surface area (Å²) in [5, 5.41) is 2.92. The van der Waals surface area contributed by atoms with Gasteiger partial charge >= 0.3 is 0 Å². The maximum atomic E-state index is 12.9. The topological polar surface area (TPSA) is 105 Å². The van der Waals surface area contributed by atoms with E-state index in [2.05, 4.69) is 5.32 Å². The molecule has 0 spiro atoms. The fraction of sp³-hybridized carbons (Fsp3) is 0.500. The standard InChI is InChI=1S/C18H22N4O4/c1-26-12-4-2-10(3-5-12)16(23)20-13-6-7-21-15(13)18(25)22-9-11(19)8-14(22)17(21)24/h2-5,11,13-15H,6-9,19H2,1H3,(H,20,23). The molecule has 1 aromatic carbocycles. The minimum Gasteiger partial charge on any atom is -0.497 e. The molecular formula is C18H22N4O4. The second-order valence-electron chi connectivity index (χ2n) is 7.08. The number of carbonyl (C=O) groups excluding carboxylic acids is 3. The summed E-state index contributed by atoms with van der Waals surface area (Å²) in [5.41, 5.74) is 6.43. The first-order chi connectivity index (χ1) is 12.5. The number of nitrogens with two attached hydrogens (primary N) is 1. The van der Waals surface area contributed by atoms with E-state index in [9.17, 15) is 14.4 Å². The van der Waals surface area contributed by atoms with E-state index in [1.165, 1.54) is 0 Å². The molecule has 3 aliphatic rings. The van der Waals surface area contributed by atoms with Gasteiger partial charge in [-0.3, -0.25) is 14.4 Å². The van der Waals surface area contributed by atoms with Crippen LogP contribution in [0.15, 0.2) is 24.3 Å². The van der Waals surface area contributed by atoms with Gasteiger partial charge in [-0.05, 0) is 37.1 Å². The van der Waals surface area contributed by atoms with Gasteiger partial charge in [0.25, 0.3) is 5.91 Å². The Morgan fingerprint density at radius 1 is 1.19 bits per heavy atom. The van der Waals surface area contributed by atoms with E-state index in [0.717, 1.165) is 0 Å². The molecule has 0 bridgehead atoms. The van der Waals surface area contributed by atoms with E-state index in [0.29, 0.717) is 37.2 Å². The molecule has 3 saturated heterocycles. The number of rotatable bonds is 3. The van der Waals surface area contributed by atoms with Gasteiger partial charge in [0.1, 0.15) is 17.8 Å². The third-order valence-corrected chi connectivity index (χ3v) is 5.50. The molecule has 0 aromatic heterocycles. The van der Waals surface area contributed by atoms with Crippen LogP contribution in [-0.2, 0) is 9.59 Å². The number of amides is 3. The van der Waals surface area contributed by atoms with Crippen LogP contribution in [0.1, 0.15) is 23.2 Å². The monoisotopic (exact) mass is 358 g/mol. The molecule has 26 heavy (non-hydrogen) atoms. The fourth-order valence-corrected chi connectivity index (χ4v) is 4.20. The Bertz CT molecular complexity index is 750. The first-order valence-corrected chi connectivity index (χ1v) is 8.81. The summed E-state index contributed by atoms with van der Waals surface area (Å²) in [7, 11) is 1.56. The number of methoxy groups -OCH3 is 1. The van der Waals surface area contributed by atoms with Gasteiger partial charge in [-0.2, -0.15) is 0 Å². The molecule has 1 aromatic rings. The van der Waals surface area contributed by atoms with Crippen LogP contribution in [0.5, 0.6) is 5.75 Å². The van der Waals surface area contributed by atoms with Crippen LogP contribution in [0, 0.1) is 0 Å². The largest absolute Gasteiger partial charge is 0.497 e. The molecule has 3 heterocycles. The smallest absolute Gasteiger partial charge is 0.251 e. The van der Waals surface area contributed by atoms with E-state index in [1.54, 1.807) is 41.2 Å². The minimum atomic E-state index is -0.633. The van der Waals surface area contributed by atoms with Crippen molar-refractivity contribution in [2.75, 3.05) is 20.2 Å². The van der Waals surface area contributed by atoms with Gasteiger partial charge in [-0.15, -0.1) is 0 Å². The lowest BCUT2D eigenvalue weighted by Crippen LogP contribution is -2.64. The van der Waals surface area contributed by atoms with Crippen molar-refractivity contribution in [1.82, 2.24) is 15.1 Å². The molecule has 0 aliphatic carbocycles. The van der Waals surface area contributed by atoms with Crippen molar-refractivity contribution in [3.05, 3.63) is 29.8 Å². The summed E-state index contributed by atoms with van der Waals surface area (Å²) in [6.45, 7) is 0.876. The summed E-state index contributed by atoms with van der Waals surface area (Å²) in [4.78, 5) is 41.3. The third kappa shape index (κ3) is 2.61. The van der Waals surface area contributed by atoms with Gasteiger partial charge < -0.3 is 25.6 Å². The number of benzene rings is 1. The Morgan fingerprint density at radius 3 is 2.62 bits per heavy atom. The highest BCUT2D eigenvalue weighted by Crippen LogP contribution is 2.32. The van der Waals surface area contributed by atoms with Gasteiger partial charge in [0.15, 0.2) is 0 Å². The molecule has 3 fully saturated rings. The Kier molecular flexibility index (Phi) is 4.07. The molecule has 0 saturated carbocycles. The number of carbonyl (C=O) groups is 3. The van der Waals surface area contributed by atoms with Crippen molar-refractivity contribution in [2.24, 2.45) is 5.73 Å². The number of fused-ring (bicyclic) bond motifs is 2. The molecule has 4 atom stereocenters. The van der Waals surface area contributed by atoms with Crippen LogP contribution < -0.4 is 15.8 Å². The zero-order chi connectivity index (χ0) is 18.4. The molecule has 3 aliphatic heterocycles. The highest BCUT2D eigenvalue weighted by atomic mass is 16.5. The van der Waals surface area contributed by atoms with Crippen LogP contribution in [0.4, 0.5) is 0 Å². The van der Waals surface area contributed by atoms with Crippen molar-refractivity contribution >= 4 is 17.7 Å². The molecule has 4 unspecified atom stereocenters. The van der Waals surface area contributed by atoms with Crippen LogP contribution in [0.2, 0.25) is 0 Å². The lowest BCUT2D eigenvalue weighted by Gasteiger charge is -2.40. The quantitative estimate of drug-likeness (QED) is 0.746. The molecule has 138 valence electrons. The van der Waals surface area contributed by atoms with Gasteiger partial charge in [-0.25, -0.2) is 0 Å². The summed E-state index contributed by atoms with van der Waals surface area (Å²) in [5.74, 6) is 0.238. The van der Waals surface area contributed by atoms with Crippen molar-refractivity contribution in [3.8, 4) is 5.75 Å². The first kappa shape index (κ1) is 16.8. The molecule has 0 radical (unpaired) electrons. The third-order valence-electron chi connectivity index (χ3n) is 5.50. The molecule has 3 amide bonds. The number of hydrogen-bond acceptors (Lipinski definition) is 5. The Morgan fingerprint density at radius 2 is 1.92 bits per heavy atom. The molecular weight excluding hydrogens is 336 g/mol. The summed E-state index contributed by atoms with van der Waals surface area (Å²) in [6, 6.07) is 5.13.